The average molecular weight is 326 g/mol. The number of amides is 2. The molecule has 0 radical (unpaired) electrons. The van der Waals surface area contributed by atoms with E-state index in [0.717, 1.165) is 13.1 Å². The minimum absolute atomic E-state index is 0.194. The van der Waals surface area contributed by atoms with Gasteiger partial charge in [-0.2, -0.15) is 0 Å². The van der Waals surface area contributed by atoms with Crippen molar-refractivity contribution in [1.82, 2.24) is 10.6 Å². The Hall–Kier alpha value is -1.63. The van der Waals surface area contributed by atoms with Crippen LogP contribution >= 0.6 is 11.6 Å². The third-order valence-electron chi connectivity index (χ3n) is 3.91. The highest BCUT2D eigenvalue weighted by Crippen LogP contribution is 2.26. The fourth-order valence-electron chi connectivity index (χ4n) is 2.51. The van der Waals surface area contributed by atoms with Crippen LogP contribution in [0.1, 0.15) is 23.2 Å². The van der Waals surface area contributed by atoms with E-state index in [0.29, 0.717) is 24.1 Å². The molecule has 0 aromatic heterocycles. The van der Waals surface area contributed by atoms with Gasteiger partial charge < -0.3 is 20.7 Å². The third kappa shape index (κ3) is 3.40. The molecule has 7 heteroatoms. The van der Waals surface area contributed by atoms with Crippen molar-refractivity contribution < 1.29 is 14.3 Å². The lowest BCUT2D eigenvalue weighted by Gasteiger charge is -2.34. The number of carbonyl (C=O) groups is 2. The molecule has 0 atom stereocenters. The molecular weight excluding hydrogens is 306 g/mol. The molecule has 0 unspecified atom stereocenters. The van der Waals surface area contributed by atoms with Gasteiger partial charge in [-0.1, -0.05) is 11.6 Å². The molecule has 1 aromatic rings. The van der Waals surface area contributed by atoms with Gasteiger partial charge in [-0.3, -0.25) is 9.59 Å². The number of hydrogen-bond acceptors (Lipinski definition) is 4. The lowest BCUT2D eigenvalue weighted by atomic mass is 9.91. The van der Waals surface area contributed by atoms with Crippen molar-refractivity contribution in [3.05, 3.63) is 28.8 Å². The van der Waals surface area contributed by atoms with Crippen LogP contribution in [0.5, 0.6) is 0 Å². The van der Waals surface area contributed by atoms with Crippen molar-refractivity contribution in [2.75, 3.05) is 32.6 Å². The summed E-state index contributed by atoms with van der Waals surface area (Å²) in [6, 6.07) is 4.80. The smallest absolute Gasteiger partial charge is 0.256 e. The topological polar surface area (TPSA) is 79.5 Å². The number of rotatable bonds is 4. The molecule has 0 spiro atoms. The maximum Gasteiger partial charge on any atom is 0.256 e. The molecule has 0 bridgehead atoms. The summed E-state index contributed by atoms with van der Waals surface area (Å²) in [6.07, 6.45) is 1.22. The highest BCUT2D eigenvalue weighted by atomic mass is 35.5. The number of ether oxygens (including phenoxy) is 1. The quantitative estimate of drug-likeness (QED) is 0.782. The largest absolute Gasteiger partial charge is 0.368 e. The number of halogens is 1. The molecule has 1 aliphatic rings. The van der Waals surface area contributed by atoms with Crippen LogP contribution in [0.2, 0.25) is 5.02 Å². The van der Waals surface area contributed by atoms with Gasteiger partial charge in [0.05, 0.1) is 10.6 Å². The van der Waals surface area contributed by atoms with Gasteiger partial charge in [-0.25, -0.2) is 0 Å². The van der Waals surface area contributed by atoms with E-state index >= 15 is 0 Å². The first-order chi connectivity index (χ1) is 10.5. The Morgan fingerprint density at radius 3 is 2.55 bits per heavy atom. The summed E-state index contributed by atoms with van der Waals surface area (Å²) in [4.78, 5) is 24.1. The predicted molar refractivity (Wildman–Crippen MR) is 85.3 cm³/mol. The van der Waals surface area contributed by atoms with E-state index in [-0.39, 0.29) is 16.8 Å². The molecule has 22 heavy (non-hydrogen) atoms. The van der Waals surface area contributed by atoms with Crippen LogP contribution in [0.4, 0.5) is 5.69 Å². The van der Waals surface area contributed by atoms with E-state index in [1.54, 1.807) is 25.3 Å². The van der Waals surface area contributed by atoms with E-state index < -0.39 is 5.60 Å². The molecule has 1 saturated heterocycles. The number of benzene rings is 1. The second-order valence-corrected chi connectivity index (χ2v) is 5.58. The van der Waals surface area contributed by atoms with Crippen LogP contribution in [0, 0.1) is 0 Å². The molecule has 0 saturated carbocycles. The van der Waals surface area contributed by atoms with Crippen LogP contribution in [-0.4, -0.2) is 44.7 Å². The highest BCUT2D eigenvalue weighted by Gasteiger charge is 2.39. The van der Waals surface area contributed by atoms with Crippen LogP contribution in [-0.2, 0) is 9.53 Å². The molecule has 120 valence electrons. The molecular formula is C15H20ClN3O3. The number of hydrogen-bond donors (Lipinski definition) is 3. The minimum Gasteiger partial charge on any atom is -0.368 e. The number of methoxy groups -OCH3 is 1. The first-order valence-corrected chi connectivity index (χ1v) is 7.49. The second-order valence-electron chi connectivity index (χ2n) is 5.18. The average Bonchev–Trinajstić information content (AvgIpc) is 2.54. The van der Waals surface area contributed by atoms with Crippen LogP contribution in [0.3, 0.4) is 0 Å². The number of carbonyl (C=O) groups excluding carboxylic acids is 2. The Bertz CT molecular complexity index is 571. The Kier molecular flexibility index (Phi) is 5.39. The maximum atomic E-state index is 12.5. The fraction of sp³-hybridized carbons (Fsp3) is 0.467. The predicted octanol–water partition coefficient (Wildman–Crippen LogP) is 1.41. The molecule has 1 fully saturated rings. The number of nitrogens with one attached hydrogen (secondary N) is 3. The second kappa shape index (κ2) is 7.09. The highest BCUT2D eigenvalue weighted by molar-refractivity contribution is 6.34. The summed E-state index contributed by atoms with van der Waals surface area (Å²) in [6.45, 7) is 1.47. The standard InChI is InChI=1S/C15H20ClN3O3/c1-17-13(20)11-4-3-10(9-12(11)16)19-14(21)15(22-2)5-7-18-8-6-15/h3-4,9,18H,5-8H2,1-2H3,(H,17,20)(H,19,21). The number of anilines is 1. The van der Waals surface area contributed by atoms with Gasteiger partial charge in [-0.05, 0) is 44.1 Å². The minimum atomic E-state index is -0.822. The van der Waals surface area contributed by atoms with Crippen LogP contribution in [0.15, 0.2) is 18.2 Å². The molecule has 1 aliphatic heterocycles. The van der Waals surface area contributed by atoms with Crippen molar-refractivity contribution >= 4 is 29.1 Å². The Labute approximate surface area is 134 Å². The molecule has 6 nitrogen and oxygen atoms in total. The van der Waals surface area contributed by atoms with Gasteiger partial charge in [0.15, 0.2) is 0 Å². The molecule has 3 N–H and O–H groups in total. The van der Waals surface area contributed by atoms with Crippen molar-refractivity contribution in [3.8, 4) is 0 Å². The zero-order valence-electron chi connectivity index (χ0n) is 12.7. The van der Waals surface area contributed by atoms with E-state index in [2.05, 4.69) is 16.0 Å². The summed E-state index contributed by atoms with van der Waals surface area (Å²) >= 11 is 6.09. The Morgan fingerprint density at radius 1 is 1.32 bits per heavy atom. The molecule has 2 rings (SSSR count). The Morgan fingerprint density at radius 2 is 2.00 bits per heavy atom. The number of piperidine rings is 1. The van der Waals surface area contributed by atoms with Crippen LogP contribution in [0.25, 0.3) is 0 Å². The zero-order chi connectivity index (χ0) is 16.2. The van der Waals surface area contributed by atoms with Crippen molar-refractivity contribution in [2.45, 2.75) is 18.4 Å². The van der Waals surface area contributed by atoms with E-state index in [1.807, 2.05) is 0 Å². The van der Waals surface area contributed by atoms with Gasteiger partial charge in [0.2, 0.25) is 0 Å². The molecule has 1 heterocycles. The van der Waals surface area contributed by atoms with Gasteiger partial charge in [0, 0.05) is 19.8 Å². The van der Waals surface area contributed by atoms with Gasteiger partial charge in [0.1, 0.15) is 5.60 Å². The molecule has 0 aliphatic carbocycles. The van der Waals surface area contributed by atoms with E-state index in [9.17, 15) is 9.59 Å². The van der Waals surface area contributed by atoms with Gasteiger partial charge in [-0.15, -0.1) is 0 Å². The zero-order valence-corrected chi connectivity index (χ0v) is 13.4. The summed E-state index contributed by atoms with van der Waals surface area (Å²) in [5.74, 6) is -0.463. The first-order valence-electron chi connectivity index (χ1n) is 7.11. The summed E-state index contributed by atoms with van der Waals surface area (Å²) < 4.78 is 5.47. The van der Waals surface area contributed by atoms with Crippen molar-refractivity contribution in [3.63, 3.8) is 0 Å². The summed E-state index contributed by atoms with van der Waals surface area (Å²) in [5.41, 5.74) is 0.0834. The maximum absolute atomic E-state index is 12.5. The van der Waals surface area contributed by atoms with Crippen molar-refractivity contribution in [1.29, 1.82) is 0 Å². The normalized spacial score (nSPS) is 16.9. The van der Waals surface area contributed by atoms with Gasteiger partial charge >= 0.3 is 0 Å². The fourth-order valence-corrected chi connectivity index (χ4v) is 2.78. The molecule has 1 aromatic carbocycles. The van der Waals surface area contributed by atoms with Crippen molar-refractivity contribution in [2.24, 2.45) is 0 Å². The van der Waals surface area contributed by atoms with E-state index in [4.69, 9.17) is 16.3 Å². The van der Waals surface area contributed by atoms with Gasteiger partial charge in [0.25, 0.3) is 11.8 Å². The van der Waals surface area contributed by atoms with Crippen LogP contribution < -0.4 is 16.0 Å². The summed E-state index contributed by atoms with van der Waals surface area (Å²) in [7, 11) is 3.08. The molecule has 2 amide bonds. The lowest BCUT2D eigenvalue weighted by Crippen LogP contribution is -2.51. The Balaban J connectivity index is 2.14. The third-order valence-corrected chi connectivity index (χ3v) is 4.23. The summed E-state index contributed by atoms with van der Waals surface area (Å²) in [5, 5.41) is 8.82. The SMILES string of the molecule is CNC(=O)c1ccc(NC(=O)C2(OC)CCNCC2)cc1Cl. The monoisotopic (exact) mass is 325 g/mol. The van der Waals surface area contributed by atoms with E-state index in [1.165, 1.54) is 7.05 Å². The first kappa shape index (κ1) is 16.7. The lowest BCUT2D eigenvalue weighted by molar-refractivity contribution is -0.140.